The molecule has 1 N–H and O–H groups in total. The number of alkyl halides is 3. The number of hydrogen-bond acceptors (Lipinski definition) is 5. The molecule has 0 unspecified atom stereocenters. The van der Waals surface area contributed by atoms with Gasteiger partial charge in [-0.15, -0.1) is 13.2 Å². The summed E-state index contributed by atoms with van der Waals surface area (Å²) in [6.07, 6.45) is 1.64. The van der Waals surface area contributed by atoms with Gasteiger partial charge < -0.3 is 14.7 Å². The lowest BCUT2D eigenvalue weighted by molar-refractivity contribution is -0.274. The first-order valence-electron chi connectivity index (χ1n) is 9.87. The molecule has 2 aromatic heterocycles. The van der Waals surface area contributed by atoms with E-state index in [0.717, 1.165) is 54.0 Å². The zero-order valence-corrected chi connectivity index (χ0v) is 16.5. The number of aromatic hydroxyl groups is 1. The van der Waals surface area contributed by atoms with Gasteiger partial charge in [0.05, 0.1) is 18.4 Å². The summed E-state index contributed by atoms with van der Waals surface area (Å²) in [6.45, 7) is 2.11. The maximum atomic E-state index is 12.8. The second-order valence-electron chi connectivity index (χ2n) is 7.34. The van der Waals surface area contributed by atoms with Crippen LogP contribution in [0.4, 0.5) is 19.0 Å². The molecule has 0 amide bonds. The van der Waals surface area contributed by atoms with Crippen molar-refractivity contribution in [2.75, 3.05) is 18.0 Å². The topological polar surface area (TPSA) is 72.5 Å². The fourth-order valence-corrected chi connectivity index (χ4v) is 3.68. The molecular weight excluding hydrogens is 413 g/mol. The fourth-order valence-electron chi connectivity index (χ4n) is 3.68. The highest BCUT2D eigenvalue weighted by Gasteiger charge is 2.31. The lowest BCUT2D eigenvalue weighted by atomic mass is 10.1. The van der Waals surface area contributed by atoms with Crippen molar-refractivity contribution >= 4 is 5.82 Å². The van der Waals surface area contributed by atoms with Gasteiger partial charge in [-0.1, -0.05) is 0 Å². The van der Waals surface area contributed by atoms with Crippen molar-refractivity contribution < 1.29 is 23.0 Å². The zero-order chi connectivity index (χ0) is 22.0. The smallest absolute Gasteiger partial charge is 0.493 e. The van der Waals surface area contributed by atoms with Crippen LogP contribution >= 0.6 is 0 Å². The van der Waals surface area contributed by atoms with Gasteiger partial charge in [0.2, 0.25) is 5.88 Å². The number of rotatable bonds is 5. The summed E-state index contributed by atoms with van der Waals surface area (Å²) in [7, 11) is 0. The number of anilines is 1. The fraction of sp³-hybridized carbons (Fsp3) is 0.333. The summed E-state index contributed by atoms with van der Waals surface area (Å²) < 4.78 is 43.2. The summed E-state index contributed by atoms with van der Waals surface area (Å²) in [5, 5.41) is 10.3. The van der Waals surface area contributed by atoms with Crippen molar-refractivity contribution in [3.05, 3.63) is 64.8 Å². The molecule has 0 bridgehead atoms. The molecule has 1 aliphatic rings. The molecule has 164 valence electrons. The summed E-state index contributed by atoms with van der Waals surface area (Å²) >= 11 is 0. The molecular formula is C21H21F3N4O3. The molecule has 0 radical (unpaired) electrons. The molecule has 1 fully saturated rings. The Morgan fingerprint density at radius 1 is 1.06 bits per heavy atom. The van der Waals surface area contributed by atoms with Gasteiger partial charge in [-0.2, -0.15) is 0 Å². The van der Waals surface area contributed by atoms with Gasteiger partial charge >= 0.3 is 12.1 Å². The Morgan fingerprint density at radius 2 is 1.77 bits per heavy atom. The maximum absolute atomic E-state index is 12.8. The van der Waals surface area contributed by atoms with Crippen LogP contribution in [-0.2, 0) is 6.54 Å². The molecule has 0 spiro atoms. The average Bonchev–Trinajstić information content (AvgIpc) is 3.01. The Labute approximate surface area is 175 Å². The van der Waals surface area contributed by atoms with Crippen molar-refractivity contribution in [1.29, 1.82) is 0 Å². The van der Waals surface area contributed by atoms with Crippen molar-refractivity contribution in [2.24, 2.45) is 0 Å². The van der Waals surface area contributed by atoms with E-state index in [-0.39, 0.29) is 18.1 Å². The molecule has 1 saturated heterocycles. The second kappa shape index (κ2) is 8.37. The van der Waals surface area contributed by atoms with E-state index >= 15 is 0 Å². The van der Waals surface area contributed by atoms with Crippen LogP contribution in [-0.4, -0.2) is 38.7 Å². The van der Waals surface area contributed by atoms with E-state index in [4.69, 9.17) is 0 Å². The van der Waals surface area contributed by atoms with Crippen molar-refractivity contribution in [3.63, 3.8) is 0 Å². The normalized spacial score (nSPS) is 14.6. The lowest BCUT2D eigenvalue weighted by Gasteiger charge is -2.27. The minimum Gasteiger partial charge on any atom is -0.493 e. The van der Waals surface area contributed by atoms with E-state index in [2.05, 4.69) is 14.6 Å². The Hall–Kier alpha value is -3.43. The Kier molecular flexibility index (Phi) is 5.62. The SMILES string of the molecule is O=c1n(Cc2ccnc(N3CCCCC3)c2)cc(O)n1-c1ccc(OC(F)(F)F)cc1. The first-order valence-corrected chi connectivity index (χ1v) is 9.87. The van der Waals surface area contributed by atoms with Crippen LogP contribution < -0.4 is 15.3 Å². The third-order valence-corrected chi connectivity index (χ3v) is 5.11. The predicted molar refractivity (Wildman–Crippen MR) is 108 cm³/mol. The van der Waals surface area contributed by atoms with Crippen LogP contribution in [0.15, 0.2) is 53.6 Å². The number of aromatic nitrogens is 3. The predicted octanol–water partition coefficient (Wildman–Crippen LogP) is 3.68. The number of pyridine rings is 1. The van der Waals surface area contributed by atoms with Crippen LogP contribution in [0.3, 0.4) is 0 Å². The van der Waals surface area contributed by atoms with Crippen LogP contribution in [0.1, 0.15) is 24.8 Å². The number of halogens is 3. The molecule has 1 aliphatic heterocycles. The summed E-state index contributed by atoms with van der Waals surface area (Å²) in [5.41, 5.74) is 0.557. The molecule has 0 saturated carbocycles. The highest BCUT2D eigenvalue weighted by Crippen LogP contribution is 2.25. The number of hydrogen-bond donors (Lipinski definition) is 1. The van der Waals surface area contributed by atoms with Crippen molar-refractivity contribution in [1.82, 2.24) is 14.1 Å². The van der Waals surface area contributed by atoms with Crippen molar-refractivity contribution in [3.8, 4) is 17.3 Å². The minimum absolute atomic E-state index is 0.220. The molecule has 0 aliphatic carbocycles. The van der Waals surface area contributed by atoms with Crippen LogP contribution in [0.2, 0.25) is 0 Å². The lowest BCUT2D eigenvalue weighted by Crippen LogP contribution is -2.30. The van der Waals surface area contributed by atoms with Gasteiger partial charge in [0.15, 0.2) is 0 Å². The van der Waals surface area contributed by atoms with Gasteiger partial charge in [0.25, 0.3) is 0 Å². The Bertz CT molecular complexity index is 1100. The van der Waals surface area contributed by atoms with Gasteiger partial charge in [0, 0.05) is 19.3 Å². The molecule has 4 rings (SSSR count). The molecule has 10 heteroatoms. The van der Waals surface area contributed by atoms with E-state index in [1.807, 2.05) is 6.07 Å². The quantitative estimate of drug-likeness (QED) is 0.663. The standard InChI is InChI=1S/C21H21F3N4O3/c22-21(23,24)31-17-6-4-16(5-7-17)28-19(29)14-27(20(28)30)13-15-8-9-25-18(12-15)26-10-2-1-3-11-26/h4-9,12,14,29H,1-3,10-11,13H2. The largest absolute Gasteiger partial charge is 0.573 e. The number of ether oxygens (including phenoxy) is 1. The highest BCUT2D eigenvalue weighted by molar-refractivity contribution is 5.42. The van der Waals surface area contributed by atoms with E-state index < -0.39 is 17.8 Å². The number of benzene rings is 1. The third kappa shape index (κ3) is 4.84. The van der Waals surface area contributed by atoms with E-state index in [9.17, 15) is 23.1 Å². The average molecular weight is 434 g/mol. The van der Waals surface area contributed by atoms with Gasteiger partial charge in [-0.3, -0.25) is 4.57 Å². The third-order valence-electron chi connectivity index (χ3n) is 5.11. The number of nitrogens with zero attached hydrogens (tertiary/aromatic N) is 4. The molecule has 1 aromatic carbocycles. The first-order chi connectivity index (χ1) is 14.8. The summed E-state index contributed by atoms with van der Waals surface area (Å²) in [4.78, 5) is 19.5. The number of piperidine rings is 1. The molecule has 3 heterocycles. The maximum Gasteiger partial charge on any atom is 0.573 e. The monoisotopic (exact) mass is 434 g/mol. The van der Waals surface area contributed by atoms with E-state index in [1.54, 1.807) is 12.3 Å². The molecule has 0 atom stereocenters. The van der Waals surface area contributed by atoms with Gasteiger partial charge in [-0.05, 0) is 61.2 Å². The second-order valence-corrected chi connectivity index (χ2v) is 7.34. The van der Waals surface area contributed by atoms with Crippen molar-refractivity contribution in [2.45, 2.75) is 32.2 Å². The minimum atomic E-state index is -4.80. The Balaban J connectivity index is 1.56. The van der Waals surface area contributed by atoms with E-state index in [1.165, 1.54) is 29.3 Å². The highest BCUT2D eigenvalue weighted by atomic mass is 19.4. The van der Waals surface area contributed by atoms with Crippen LogP contribution in [0.25, 0.3) is 5.69 Å². The number of imidazole rings is 1. The van der Waals surface area contributed by atoms with Gasteiger partial charge in [-0.25, -0.2) is 14.3 Å². The first kappa shape index (κ1) is 20.8. The molecule has 31 heavy (non-hydrogen) atoms. The Morgan fingerprint density at radius 3 is 2.45 bits per heavy atom. The van der Waals surface area contributed by atoms with E-state index in [0.29, 0.717) is 0 Å². The molecule has 7 nitrogen and oxygen atoms in total. The van der Waals surface area contributed by atoms with Crippen LogP contribution in [0, 0.1) is 0 Å². The summed E-state index contributed by atoms with van der Waals surface area (Å²) in [5.74, 6) is 0.124. The van der Waals surface area contributed by atoms with Crippen LogP contribution in [0.5, 0.6) is 11.6 Å². The van der Waals surface area contributed by atoms with Gasteiger partial charge in [0.1, 0.15) is 11.6 Å². The molecule has 3 aromatic rings. The summed E-state index contributed by atoms with van der Waals surface area (Å²) in [6, 6.07) is 8.44. The zero-order valence-electron chi connectivity index (χ0n) is 16.5.